The van der Waals surface area contributed by atoms with Gasteiger partial charge in [0.05, 0.1) is 7.11 Å². The van der Waals surface area contributed by atoms with Crippen molar-refractivity contribution < 1.29 is 19.1 Å². The van der Waals surface area contributed by atoms with Gasteiger partial charge in [0.25, 0.3) is 11.8 Å². The van der Waals surface area contributed by atoms with Crippen LogP contribution in [0.4, 0.5) is 5.69 Å². The number of carbonyl (C=O) groups is 2. The molecule has 0 radical (unpaired) electrons. The zero-order valence-corrected chi connectivity index (χ0v) is 18.1. The number of methoxy groups -OCH3 is 1. The van der Waals surface area contributed by atoms with E-state index in [1.807, 2.05) is 36.4 Å². The van der Waals surface area contributed by atoms with Crippen LogP contribution in [0.3, 0.4) is 0 Å². The Labute approximate surface area is 192 Å². The summed E-state index contributed by atoms with van der Waals surface area (Å²) in [6.07, 6.45) is 1.44. The molecule has 0 aliphatic heterocycles. The maximum Gasteiger partial charge on any atom is 0.262 e. The summed E-state index contributed by atoms with van der Waals surface area (Å²) < 4.78 is 10.7. The second-order valence-corrected chi connectivity index (χ2v) is 6.94. The highest BCUT2D eigenvalue weighted by atomic mass is 16.5. The summed E-state index contributed by atoms with van der Waals surface area (Å²) in [6, 6.07) is 25.1. The number of nitriles is 1. The highest BCUT2D eigenvalue weighted by molar-refractivity contribution is 6.02. The van der Waals surface area contributed by atoms with Crippen LogP contribution >= 0.6 is 0 Å². The first-order valence-electron chi connectivity index (χ1n) is 10.2. The van der Waals surface area contributed by atoms with E-state index in [1.54, 1.807) is 55.6 Å². The molecule has 33 heavy (non-hydrogen) atoms. The first-order valence-corrected chi connectivity index (χ1v) is 10.2. The molecule has 0 saturated carbocycles. The van der Waals surface area contributed by atoms with Gasteiger partial charge < -0.3 is 20.1 Å². The Balaban J connectivity index is 1.63. The zero-order chi connectivity index (χ0) is 23.5. The van der Waals surface area contributed by atoms with Crippen LogP contribution in [-0.4, -0.2) is 25.5 Å². The molecular formula is C26H23N3O4. The molecule has 7 nitrogen and oxygen atoms in total. The number of para-hydroxylation sites is 1. The molecule has 0 aromatic heterocycles. The maximum absolute atomic E-state index is 12.5. The minimum atomic E-state index is -0.492. The van der Waals surface area contributed by atoms with Crippen molar-refractivity contribution in [2.24, 2.45) is 0 Å². The van der Waals surface area contributed by atoms with Gasteiger partial charge in [-0.2, -0.15) is 5.26 Å². The second kappa shape index (κ2) is 11.7. The summed E-state index contributed by atoms with van der Waals surface area (Å²) in [4.78, 5) is 24.7. The van der Waals surface area contributed by atoms with E-state index < -0.39 is 5.91 Å². The highest BCUT2D eigenvalue weighted by Crippen LogP contribution is 2.21. The molecule has 0 unspecified atom stereocenters. The lowest BCUT2D eigenvalue weighted by molar-refractivity contribution is -0.118. The van der Waals surface area contributed by atoms with Crippen molar-refractivity contribution in [1.82, 2.24) is 5.32 Å². The number of benzene rings is 3. The predicted molar refractivity (Wildman–Crippen MR) is 125 cm³/mol. The van der Waals surface area contributed by atoms with Crippen LogP contribution in [0, 0.1) is 11.3 Å². The van der Waals surface area contributed by atoms with E-state index in [-0.39, 0.29) is 18.1 Å². The van der Waals surface area contributed by atoms with E-state index >= 15 is 0 Å². The second-order valence-electron chi connectivity index (χ2n) is 6.94. The quantitative estimate of drug-likeness (QED) is 0.387. The number of carbonyl (C=O) groups excluding carboxylic acids is 2. The van der Waals surface area contributed by atoms with E-state index in [9.17, 15) is 14.9 Å². The Morgan fingerprint density at radius 1 is 0.970 bits per heavy atom. The SMILES string of the molecule is COc1ccc(NC(=O)COc2ccccc2C=C(C#N)C(=O)NCc2ccccc2)cc1. The van der Waals surface area contributed by atoms with Gasteiger partial charge in [0.15, 0.2) is 6.61 Å². The summed E-state index contributed by atoms with van der Waals surface area (Å²) in [5.41, 5.74) is 1.99. The van der Waals surface area contributed by atoms with Gasteiger partial charge in [0.2, 0.25) is 0 Å². The third kappa shape index (κ3) is 6.97. The Morgan fingerprint density at radius 3 is 2.36 bits per heavy atom. The molecule has 0 aliphatic carbocycles. The predicted octanol–water partition coefficient (Wildman–Crippen LogP) is 3.94. The third-order valence-corrected chi connectivity index (χ3v) is 4.61. The van der Waals surface area contributed by atoms with E-state index in [0.717, 1.165) is 5.56 Å². The summed E-state index contributed by atoms with van der Waals surface area (Å²) >= 11 is 0. The number of nitrogens with zero attached hydrogens (tertiary/aromatic N) is 1. The molecule has 2 amide bonds. The Bertz CT molecular complexity index is 1170. The van der Waals surface area contributed by atoms with Crippen molar-refractivity contribution in [3.05, 3.63) is 95.6 Å². The standard InChI is InChI=1S/C26H23N3O4/c1-32-23-13-11-22(12-14-23)29-25(30)18-33-24-10-6-5-9-20(24)15-21(16-27)26(31)28-17-19-7-3-2-4-8-19/h2-15H,17-18H2,1H3,(H,28,31)(H,29,30). The average molecular weight is 441 g/mol. The van der Waals surface area contributed by atoms with E-state index in [4.69, 9.17) is 9.47 Å². The van der Waals surface area contributed by atoms with Crippen molar-refractivity contribution in [2.75, 3.05) is 19.0 Å². The first-order chi connectivity index (χ1) is 16.1. The van der Waals surface area contributed by atoms with E-state index in [1.165, 1.54) is 6.08 Å². The van der Waals surface area contributed by atoms with Crippen molar-refractivity contribution in [2.45, 2.75) is 6.54 Å². The van der Waals surface area contributed by atoms with E-state index in [2.05, 4.69) is 10.6 Å². The largest absolute Gasteiger partial charge is 0.497 e. The summed E-state index contributed by atoms with van der Waals surface area (Å²) in [5, 5.41) is 14.9. The lowest BCUT2D eigenvalue weighted by Crippen LogP contribution is -2.24. The molecule has 2 N–H and O–H groups in total. The van der Waals surface area contributed by atoms with Gasteiger partial charge in [-0.15, -0.1) is 0 Å². The molecule has 3 rings (SSSR count). The van der Waals surface area contributed by atoms with Crippen LogP contribution in [0.25, 0.3) is 6.08 Å². The van der Waals surface area contributed by atoms with Gasteiger partial charge in [0, 0.05) is 17.8 Å². The molecule has 0 spiro atoms. The number of ether oxygens (including phenoxy) is 2. The summed E-state index contributed by atoms with van der Waals surface area (Å²) in [5.74, 6) is 0.227. The fourth-order valence-corrected chi connectivity index (χ4v) is 2.92. The van der Waals surface area contributed by atoms with Crippen LogP contribution in [-0.2, 0) is 16.1 Å². The molecule has 0 aliphatic rings. The third-order valence-electron chi connectivity index (χ3n) is 4.61. The van der Waals surface area contributed by atoms with Gasteiger partial charge in [-0.3, -0.25) is 9.59 Å². The van der Waals surface area contributed by atoms with Gasteiger partial charge in [-0.05, 0) is 42.0 Å². The smallest absolute Gasteiger partial charge is 0.262 e. The number of nitrogens with one attached hydrogen (secondary N) is 2. The first kappa shape index (κ1) is 23.1. The molecule has 0 heterocycles. The summed E-state index contributed by atoms with van der Waals surface area (Å²) in [7, 11) is 1.57. The Kier molecular flexibility index (Phi) is 8.21. The zero-order valence-electron chi connectivity index (χ0n) is 18.1. The molecule has 7 heteroatoms. The minimum absolute atomic E-state index is 0.0651. The fourth-order valence-electron chi connectivity index (χ4n) is 2.92. The monoisotopic (exact) mass is 441 g/mol. The molecule has 0 atom stereocenters. The van der Waals surface area contributed by atoms with Crippen molar-refractivity contribution >= 4 is 23.6 Å². The van der Waals surface area contributed by atoms with E-state index in [0.29, 0.717) is 29.3 Å². The molecule has 0 bridgehead atoms. The van der Waals surface area contributed by atoms with Gasteiger partial charge >= 0.3 is 0 Å². The van der Waals surface area contributed by atoms with Crippen molar-refractivity contribution in [1.29, 1.82) is 5.26 Å². The molecule has 0 fully saturated rings. The Hall–Kier alpha value is -4.57. The molecule has 0 saturated heterocycles. The van der Waals surface area contributed by atoms with Crippen LogP contribution in [0.5, 0.6) is 11.5 Å². The topological polar surface area (TPSA) is 100 Å². The minimum Gasteiger partial charge on any atom is -0.497 e. The average Bonchev–Trinajstić information content (AvgIpc) is 2.86. The van der Waals surface area contributed by atoms with Gasteiger partial charge in [-0.25, -0.2) is 0 Å². The van der Waals surface area contributed by atoms with Crippen molar-refractivity contribution in [3.63, 3.8) is 0 Å². The van der Waals surface area contributed by atoms with Crippen LogP contribution in [0.15, 0.2) is 84.4 Å². The van der Waals surface area contributed by atoms with Crippen molar-refractivity contribution in [3.8, 4) is 17.6 Å². The fraction of sp³-hybridized carbons (Fsp3) is 0.115. The molecule has 166 valence electrons. The molecular weight excluding hydrogens is 418 g/mol. The van der Waals surface area contributed by atoms with Gasteiger partial charge in [0.1, 0.15) is 23.1 Å². The number of amides is 2. The normalized spacial score (nSPS) is 10.6. The lowest BCUT2D eigenvalue weighted by atomic mass is 10.1. The number of hydrogen-bond acceptors (Lipinski definition) is 5. The summed E-state index contributed by atoms with van der Waals surface area (Å²) in [6.45, 7) is 0.0708. The van der Waals surface area contributed by atoms with Crippen LogP contribution < -0.4 is 20.1 Å². The molecule has 3 aromatic carbocycles. The number of anilines is 1. The number of hydrogen-bond donors (Lipinski definition) is 2. The number of rotatable bonds is 9. The highest BCUT2D eigenvalue weighted by Gasteiger charge is 2.12. The van der Waals surface area contributed by atoms with Gasteiger partial charge in [-0.1, -0.05) is 48.5 Å². The van der Waals surface area contributed by atoms with Crippen LogP contribution in [0.2, 0.25) is 0 Å². The van der Waals surface area contributed by atoms with Crippen LogP contribution in [0.1, 0.15) is 11.1 Å². The lowest BCUT2D eigenvalue weighted by Gasteiger charge is -2.11. The maximum atomic E-state index is 12.5. The molecule has 3 aromatic rings. The Morgan fingerprint density at radius 2 is 1.67 bits per heavy atom.